The van der Waals surface area contributed by atoms with Crippen LogP contribution in [-0.4, -0.2) is 24.0 Å². The van der Waals surface area contributed by atoms with Crippen LogP contribution in [0, 0.1) is 0 Å². The van der Waals surface area contributed by atoms with Crippen molar-refractivity contribution in [1.82, 2.24) is 9.69 Å². The van der Waals surface area contributed by atoms with Gasteiger partial charge in [-0.05, 0) is 18.2 Å². The summed E-state index contributed by atoms with van der Waals surface area (Å²) >= 11 is 1.60. The third-order valence-corrected chi connectivity index (χ3v) is 4.56. The van der Waals surface area contributed by atoms with Crippen molar-refractivity contribution in [3.8, 4) is 11.3 Å². The van der Waals surface area contributed by atoms with Crippen LogP contribution in [0.3, 0.4) is 0 Å². The van der Waals surface area contributed by atoms with Crippen molar-refractivity contribution in [2.45, 2.75) is 9.79 Å². The number of carbonyl (C=O) groups is 1. The Hall–Kier alpha value is -2.01. The molecule has 0 fully saturated rings. The Balaban J connectivity index is 2.21. The summed E-state index contributed by atoms with van der Waals surface area (Å²) in [6.07, 6.45) is 0.882. The van der Waals surface area contributed by atoms with Crippen molar-refractivity contribution in [1.29, 1.82) is 0 Å². The van der Waals surface area contributed by atoms with E-state index in [-0.39, 0.29) is 0 Å². The lowest BCUT2D eigenvalue weighted by atomic mass is 10.0. The molecule has 0 spiro atoms. The van der Waals surface area contributed by atoms with E-state index in [1.165, 1.54) is 4.59 Å². The highest BCUT2D eigenvalue weighted by Gasteiger charge is 2.24. The van der Waals surface area contributed by atoms with Crippen LogP contribution in [0.2, 0.25) is 0 Å². The maximum Gasteiger partial charge on any atom is 0.265 e. The first-order valence-corrected chi connectivity index (χ1v) is 6.64. The number of benzene rings is 2. The normalized spacial score (nSPS) is 12.4. The summed E-state index contributed by atoms with van der Waals surface area (Å²) in [5.74, 6) is 0. The van der Waals surface area contributed by atoms with Gasteiger partial charge in [0.1, 0.15) is 5.69 Å². The molecule has 1 aliphatic rings. The summed E-state index contributed by atoms with van der Waals surface area (Å²) in [6.45, 7) is 0. The smallest absolute Gasteiger partial charge is 0.265 e. The van der Waals surface area contributed by atoms with Gasteiger partial charge in [-0.25, -0.2) is 0 Å². The molecule has 2 radical (unpaired) electrons. The quantitative estimate of drug-likeness (QED) is 0.391. The fourth-order valence-electron chi connectivity index (χ4n) is 2.47. The second kappa shape index (κ2) is 3.74. The minimum Gasteiger partial charge on any atom is -0.323 e. The molecule has 2 aromatic carbocycles. The molecule has 5 heteroatoms. The van der Waals surface area contributed by atoms with Gasteiger partial charge >= 0.3 is 0 Å². The second-order valence-corrected chi connectivity index (χ2v) is 5.44. The van der Waals surface area contributed by atoms with Crippen molar-refractivity contribution in [3.05, 3.63) is 42.0 Å². The third-order valence-electron chi connectivity index (χ3n) is 3.34. The van der Waals surface area contributed by atoms with Crippen molar-refractivity contribution >= 4 is 36.9 Å². The first kappa shape index (κ1) is 10.9. The van der Waals surface area contributed by atoms with E-state index in [9.17, 15) is 4.79 Å². The molecule has 19 heavy (non-hydrogen) atoms. The van der Waals surface area contributed by atoms with Crippen LogP contribution in [-0.2, 0) is 0 Å². The molecule has 1 aromatic heterocycles. The number of nitrogens with zero attached hydrogens (tertiary/aromatic N) is 2. The van der Waals surface area contributed by atoms with E-state index < -0.39 is 0 Å². The highest BCUT2D eigenvalue weighted by Crippen LogP contribution is 2.48. The summed E-state index contributed by atoms with van der Waals surface area (Å²) in [5.41, 5.74) is 3.45. The van der Waals surface area contributed by atoms with Gasteiger partial charge in [0.15, 0.2) is 6.29 Å². The number of hydrogen-bond acceptors (Lipinski definition) is 3. The van der Waals surface area contributed by atoms with Gasteiger partial charge in [-0.1, -0.05) is 30.0 Å². The van der Waals surface area contributed by atoms with E-state index in [2.05, 4.69) is 5.10 Å². The molecule has 0 bridgehead atoms. The summed E-state index contributed by atoms with van der Waals surface area (Å²) in [4.78, 5) is 13.3. The molecule has 0 atom stereocenters. The van der Waals surface area contributed by atoms with E-state index in [1.54, 1.807) is 17.8 Å². The first-order chi connectivity index (χ1) is 9.29. The van der Waals surface area contributed by atoms with Gasteiger partial charge in [-0.2, -0.15) is 5.10 Å². The SMILES string of the molecule is [B]n1nc2c3c(c(C=O)ccc31)Sc1ccccc1-2. The fraction of sp³-hybridized carbons (Fsp3) is 0. The fourth-order valence-corrected chi connectivity index (χ4v) is 3.65. The Bertz CT molecular complexity index is 841. The van der Waals surface area contributed by atoms with Crippen LogP contribution in [0.4, 0.5) is 0 Å². The van der Waals surface area contributed by atoms with Gasteiger partial charge in [0.25, 0.3) is 7.98 Å². The standard InChI is InChI=1S/C14H7BN2OS/c15-17-10-6-5-8(7-18)14-12(10)13(16-17)9-3-1-2-4-11(9)19-14/h1-7H. The molecule has 0 aliphatic carbocycles. The molecule has 3 aromatic rings. The van der Waals surface area contributed by atoms with Crippen LogP contribution in [0.1, 0.15) is 10.4 Å². The van der Waals surface area contributed by atoms with Crippen LogP contribution < -0.4 is 0 Å². The summed E-state index contributed by atoms with van der Waals surface area (Å²) in [5, 5.41) is 5.37. The Morgan fingerprint density at radius 3 is 2.89 bits per heavy atom. The molecule has 0 amide bonds. The van der Waals surface area contributed by atoms with E-state index >= 15 is 0 Å². The van der Waals surface area contributed by atoms with E-state index in [4.69, 9.17) is 7.98 Å². The molecule has 2 heterocycles. The monoisotopic (exact) mass is 262 g/mol. The molecule has 3 nitrogen and oxygen atoms in total. The van der Waals surface area contributed by atoms with E-state index in [0.29, 0.717) is 5.56 Å². The van der Waals surface area contributed by atoms with Gasteiger partial charge in [0, 0.05) is 26.3 Å². The summed E-state index contributed by atoms with van der Waals surface area (Å²) in [7, 11) is 5.91. The Labute approximate surface area is 115 Å². The van der Waals surface area contributed by atoms with Crippen molar-refractivity contribution in [2.24, 2.45) is 0 Å². The van der Waals surface area contributed by atoms with Crippen molar-refractivity contribution < 1.29 is 4.79 Å². The number of aromatic nitrogens is 2. The number of hydrogen-bond donors (Lipinski definition) is 0. The number of rotatable bonds is 1. The Kier molecular flexibility index (Phi) is 2.14. The first-order valence-electron chi connectivity index (χ1n) is 5.83. The predicted molar refractivity (Wildman–Crippen MR) is 75.8 cm³/mol. The lowest BCUT2D eigenvalue weighted by Crippen LogP contribution is -1.94. The Morgan fingerprint density at radius 2 is 2.05 bits per heavy atom. The highest BCUT2D eigenvalue weighted by atomic mass is 32.2. The van der Waals surface area contributed by atoms with Gasteiger partial charge in [-0.15, -0.1) is 0 Å². The molecule has 0 unspecified atom stereocenters. The highest BCUT2D eigenvalue weighted by molar-refractivity contribution is 8.00. The molecular formula is C14H7BN2OS. The van der Waals surface area contributed by atoms with Crippen LogP contribution in [0.15, 0.2) is 46.2 Å². The van der Waals surface area contributed by atoms with Gasteiger partial charge in [0.05, 0.1) is 5.52 Å². The molecule has 0 saturated heterocycles. The van der Waals surface area contributed by atoms with Crippen LogP contribution in [0.5, 0.6) is 0 Å². The number of aldehydes is 1. The lowest BCUT2D eigenvalue weighted by molar-refractivity contribution is 0.112. The van der Waals surface area contributed by atoms with Crippen LogP contribution in [0.25, 0.3) is 22.2 Å². The minimum absolute atomic E-state index is 0.682. The second-order valence-electron chi connectivity index (χ2n) is 4.39. The molecule has 4 rings (SSSR count). The Morgan fingerprint density at radius 1 is 1.21 bits per heavy atom. The van der Waals surface area contributed by atoms with Crippen molar-refractivity contribution in [2.75, 3.05) is 0 Å². The number of carbonyl (C=O) groups excluding carboxylic acids is 1. The molecular weight excluding hydrogens is 255 g/mol. The maximum atomic E-state index is 11.2. The zero-order valence-electron chi connectivity index (χ0n) is 9.83. The molecule has 0 N–H and O–H groups in total. The zero-order valence-corrected chi connectivity index (χ0v) is 10.6. The molecule has 0 saturated carbocycles. The van der Waals surface area contributed by atoms with Crippen molar-refractivity contribution in [3.63, 3.8) is 0 Å². The molecule has 1 aliphatic heterocycles. The van der Waals surface area contributed by atoms with Gasteiger partial charge in [-0.3, -0.25) is 4.79 Å². The summed E-state index contributed by atoms with van der Waals surface area (Å²) < 4.78 is 1.38. The predicted octanol–water partition coefficient (Wildman–Crippen LogP) is 2.91. The third kappa shape index (κ3) is 1.36. The van der Waals surface area contributed by atoms with Gasteiger partial charge in [0.2, 0.25) is 0 Å². The largest absolute Gasteiger partial charge is 0.323 e. The van der Waals surface area contributed by atoms with Gasteiger partial charge < -0.3 is 4.59 Å². The van der Waals surface area contributed by atoms with Crippen LogP contribution >= 0.6 is 11.8 Å². The van der Waals surface area contributed by atoms with E-state index in [0.717, 1.165) is 38.2 Å². The number of fused-ring (bicyclic) bond motifs is 2. The molecule has 88 valence electrons. The average Bonchev–Trinajstić information content (AvgIpc) is 2.78. The zero-order chi connectivity index (χ0) is 13.0. The van der Waals surface area contributed by atoms with E-state index in [1.807, 2.05) is 30.3 Å². The summed E-state index contributed by atoms with van der Waals surface area (Å²) in [6, 6.07) is 11.7. The average molecular weight is 262 g/mol. The lowest BCUT2D eigenvalue weighted by Gasteiger charge is -2.16. The minimum atomic E-state index is 0.682. The topological polar surface area (TPSA) is 34.9 Å². The maximum absolute atomic E-state index is 11.2.